The second-order valence-corrected chi connectivity index (χ2v) is 21.1. The standard InChI is InChI=1S/C52H88N16O14/c1-25(2)23-38-49(79)68-41(28(5)71)52(82)63-33(12-18-54)43(73)61-36(15-21-57)48(78)66-39(26(3)69)50(80)58-22-16-37(46(76)60-32(11-17-53)45(75)65-38)62-44(74)34(13-19-55)64-51(81)40(27(4)70)67-47(77)35(14-20-56)59-42(72)31-24-30(31)29-9-7-6-8-10-29/h6-10,25-28,30-41,69-71H,11-24,53-57H2,1-5H3,(H,58,80)(H,59,72)(H,60,76)(H,61,73)(H,62,74)(H,63,82)(H,64,81)(H,65,75)(H,66,78)(H,67,77)(H,68,79)/t26-,27-,28?,30-,31+,32+,33+,34+,35+,36+,37+,38-,39+,40+,41+/m1/s1. The van der Waals surface area contributed by atoms with Crippen LogP contribution in [0.3, 0.4) is 0 Å². The summed E-state index contributed by atoms with van der Waals surface area (Å²) in [6.07, 6.45) is -5.73. The van der Waals surface area contributed by atoms with Crippen molar-refractivity contribution in [1.29, 1.82) is 0 Å². The van der Waals surface area contributed by atoms with Crippen LogP contribution in [0.25, 0.3) is 0 Å². The maximum absolute atomic E-state index is 14.4. The van der Waals surface area contributed by atoms with Crippen LogP contribution >= 0.6 is 0 Å². The Hall–Kier alpha value is -6.93. The van der Waals surface area contributed by atoms with Gasteiger partial charge in [-0.15, -0.1) is 0 Å². The Kier molecular flexibility index (Phi) is 29.2. The smallest absolute Gasteiger partial charge is 0.245 e. The molecule has 82 heavy (non-hydrogen) atoms. The van der Waals surface area contributed by atoms with Gasteiger partial charge < -0.3 is 102 Å². The first kappa shape index (κ1) is 69.3. The Morgan fingerprint density at radius 3 is 1.50 bits per heavy atom. The molecule has 0 bridgehead atoms. The van der Waals surface area contributed by atoms with Gasteiger partial charge in [0.1, 0.15) is 60.4 Å². The molecule has 15 atom stereocenters. The molecular weight excluding hydrogens is 1070 g/mol. The highest BCUT2D eigenvalue weighted by Gasteiger charge is 2.45. The van der Waals surface area contributed by atoms with Crippen LogP contribution in [-0.4, -0.2) is 198 Å². The number of benzene rings is 1. The van der Waals surface area contributed by atoms with Crippen LogP contribution in [-0.2, 0) is 52.7 Å². The number of rotatable bonds is 24. The third-order valence-corrected chi connectivity index (χ3v) is 13.7. The summed E-state index contributed by atoms with van der Waals surface area (Å²) in [4.78, 5) is 153. The quantitative estimate of drug-likeness (QED) is 0.0457. The first-order valence-electron chi connectivity index (χ1n) is 27.7. The van der Waals surface area contributed by atoms with Gasteiger partial charge in [0.15, 0.2) is 0 Å². The van der Waals surface area contributed by atoms with Gasteiger partial charge in [-0.2, -0.15) is 0 Å². The molecule has 1 aliphatic carbocycles. The summed E-state index contributed by atoms with van der Waals surface area (Å²) in [5.74, 6) is -11.1. The van der Waals surface area contributed by atoms with Crippen molar-refractivity contribution in [1.82, 2.24) is 58.5 Å². The lowest BCUT2D eigenvalue weighted by Gasteiger charge is -2.29. The molecule has 30 heteroatoms. The number of aliphatic hydroxyl groups is 3. The highest BCUT2D eigenvalue weighted by atomic mass is 16.3. The maximum atomic E-state index is 14.4. The van der Waals surface area contributed by atoms with Gasteiger partial charge in [-0.3, -0.25) is 52.7 Å². The minimum atomic E-state index is -1.73. The number of nitrogens with two attached hydrogens (primary N) is 5. The van der Waals surface area contributed by atoms with Crippen LogP contribution in [0, 0.1) is 11.8 Å². The number of hydrogen-bond acceptors (Lipinski definition) is 19. The van der Waals surface area contributed by atoms with Crippen LogP contribution in [0.1, 0.15) is 97.5 Å². The van der Waals surface area contributed by atoms with E-state index in [2.05, 4.69) is 58.5 Å². The second kappa shape index (κ2) is 34.5. The van der Waals surface area contributed by atoms with Gasteiger partial charge in [-0.05, 0) is 122 Å². The molecule has 0 spiro atoms. The maximum Gasteiger partial charge on any atom is 0.245 e. The van der Waals surface area contributed by atoms with E-state index in [-0.39, 0.29) is 83.1 Å². The van der Waals surface area contributed by atoms with Gasteiger partial charge in [0.05, 0.1) is 18.3 Å². The minimum absolute atomic E-state index is 0.0395. The van der Waals surface area contributed by atoms with Gasteiger partial charge in [-0.1, -0.05) is 44.2 Å². The molecule has 0 aromatic heterocycles. The van der Waals surface area contributed by atoms with Crippen molar-refractivity contribution in [2.45, 2.75) is 171 Å². The van der Waals surface area contributed by atoms with E-state index in [0.29, 0.717) is 6.42 Å². The van der Waals surface area contributed by atoms with E-state index in [4.69, 9.17) is 28.7 Å². The van der Waals surface area contributed by atoms with Crippen molar-refractivity contribution >= 4 is 65.0 Å². The zero-order valence-electron chi connectivity index (χ0n) is 47.2. The minimum Gasteiger partial charge on any atom is -0.391 e. The van der Waals surface area contributed by atoms with Gasteiger partial charge >= 0.3 is 0 Å². The van der Waals surface area contributed by atoms with Gasteiger partial charge in [0.2, 0.25) is 65.0 Å². The van der Waals surface area contributed by atoms with Gasteiger partial charge in [-0.25, -0.2) is 0 Å². The first-order chi connectivity index (χ1) is 38.8. The van der Waals surface area contributed by atoms with Crippen molar-refractivity contribution in [3.05, 3.63) is 35.9 Å². The summed E-state index contributed by atoms with van der Waals surface area (Å²) in [6, 6.07) is -6.15. The van der Waals surface area contributed by atoms with E-state index in [9.17, 15) is 68.1 Å². The van der Waals surface area contributed by atoms with Crippen molar-refractivity contribution in [3.63, 3.8) is 0 Å². The molecule has 1 aromatic rings. The Balaban J connectivity index is 2.00. The fraction of sp³-hybridized carbons (Fsp3) is 0.673. The monoisotopic (exact) mass is 1160 g/mol. The summed E-state index contributed by atoms with van der Waals surface area (Å²) in [6.45, 7) is 5.69. The highest BCUT2D eigenvalue weighted by molar-refractivity contribution is 5.99. The number of nitrogens with one attached hydrogen (secondary N) is 11. The molecule has 1 aromatic carbocycles. The fourth-order valence-electron chi connectivity index (χ4n) is 9.02. The van der Waals surface area contributed by atoms with E-state index in [1.54, 1.807) is 13.8 Å². The molecule has 2 aliphatic rings. The molecule has 24 N–H and O–H groups in total. The van der Waals surface area contributed by atoms with Crippen molar-refractivity contribution in [2.75, 3.05) is 39.3 Å². The molecular formula is C52H88N16O14. The molecule has 1 heterocycles. The van der Waals surface area contributed by atoms with Crippen molar-refractivity contribution in [3.8, 4) is 0 Å². The Morgan fingerprint density at radius 1 is 0.549 bits per heavy atom. The zero-order chi connectivity index (χ0) is 61.4. The summed E-state index contributed by atoms with van der Waals surface area (Å²) in [7, 11) is 0. The van der Waals surface area contributed by atoms with Crippen molar-refractivity contribution < 1.29 is 68.1 Å². The summed E-state index contributed by atoms with van der Waals surface area (Å²) in [5.41, 5.74) is 30.1. The van der Waals surface area contributed by atoms with Crippen LogP contribution < -0.4 is 87.2 Å². The number of carbonyl (C=O) groups excluding carboxylic acids is 11. The molecule has 3 rings (SSSR count). The SMILES string of the molecule is CC(C)C[C@H]1NC(=O)[C@H](CCN)NC(=O)[C@@H](NC(=O)[C@H](CCN)NC(=O)[C@@H](NC(=O)[C@H](CCN)NC(=O)[C@H]2C[C@@H]2c2ccccc2)[C@@H](C)O)CCNC(=O)[C@H]([C@@H](C)O)NC(=O)[C@H](CCN)NC(=O)[C@H](CCN)NC(=O)[C@H](C(C)O)NC1=O. The topological polar surface area (TPSA) is 511 Å². The lowest BCUT2D eigenvalue weighted by molar-refractivity contribution is -0.137. The molecule has 460 valence electrons. The highest BCUT2D eigenvalue weighted by Crippen LogP contribution is 2.47. The molecule has 1 saturated carbocycles. The zero-order valence-corrected chi connectivity index (χ0v) is 47.2. The average molecular weight is 1160 g/mol. The van der Waals surface area contributed by atoms with Gasteiger partial charge in [0.25, 0.3) is 0 Å². The fourth-order valence-corrected chi connectivity index (χ4v) is 9.02. The molecule has 1 aliphatic heterocycles. The van der Waals surface area contributed by atoms with Crippen LogP contribution in [0.4, 0.5) is 0 Å². The van der Waals surface area contributed by atoms with E-state index in [1.165, 1.54) is 20.8 Å². The van der Waals surface area contributed by atoms with Gasteiger partial charge in [0, 0.05) is 12.5 Å². The Morgan fingerprint density at radius 2 is 1.01 bits per heavy atom. The predicted molar refractivity (Wildman–Crippen MR) is 297 cm³/mol. The molecule has 0 radical (unpaired) electrons. The molecule has 2 fully saturated rings. The average Bonchev–Trinajstić information content (AvgIpc) is 4.40. The number of hydrogen-bond donors (Lipinski definition) is 19. The lowest BCUT2D eigenvalue weighted by atomic mass is 10.0. The number of carbonyl (C=O) groups is 11. The van der Waals surface area contributed by atoms with Crippen LogP contribution in [0.2, 0.25) is 0 Å². The predicted octanol–water partition coefficient (Wildman–Crippen LogP) is -7.91. The Labute approximate surface area is 476 Å². The molecule has 30 nitrogen and oxygen atoms in total. The summed E-state index contributed by atoms with van der Waals surface area (Å²) >= 11 is 0. The number of aliphatic hydroxyl groups excluding tert-OH is 3. The Bertz CT molecular complexity index is 2330. The third kappa shape index (κ3) is 21.8. The first-order valence-corrected chi connectivity index (χ1v) is 27.7. The summed E-state index contributed by atoms with van der Waals surface area (Å²) < 4.78 is 0. The van der Waals surface area contributed by atoms with E-state index in [1.807, 2.05) is 30.3 Å². The van der Waals surface area contributed by atoms with Crippen molar-refractivity contribution in [2.24, 2.45) is 40.5 Å². The second-order valence-electron chi connectivity index (χ2n) is 21.1. The normalized spacial score (nSPS) is 25.8. The third-order valence-electron chi connectivity index (χ3n) is 13.7. The van der Waals surface area contributed by atoms with Crippen LogP contribution in [0.5, 0.6) is 0 Å². The molecule has 1 unspecified atom stereocenters. The van der Waals surface area contributed by atoms with E-state index < -0.39 is 163 Å². The molecule has 11 amide bonds. The van der Waals surface area contributed by atoms with E-state index >= 15 is 0 Å². The summed E-state index contributed by atoms with van der Waals surface area (Å²) in [5, 5.41) is 59.5. The van der Waals surface area contributed by atoms with E-state index in [0.717, 1.165) is 5.56 Å². The number of amides is 11. The van der Waals surface area contributed by atoms with Crippen LogP contribution in [0.15, 0.2) is 30.3 Å². The largest absolute Gasteiger partial charge is 0.391 e. The molecule has 1 saturated heterocycles. The lowest BCUT2D eigenvalue weighted by Crippen LogP contribution is -2.62.